The molecule has 0 saturated heterocycles. The highest BCUT2D eigenvalue weighted by Crippen LogP contribution is 2.30. The van der Waals surface area contributed by atoms with Crippen molar-refractivity contribution in [2.45, 2.75) is 58.9 Å². The molecule has 0 radical (unpaired) electrons. The second-order valence-electron chi connectivity index (χ2n) is 8.00. The number of ether oxygens (including phenoxy) is 2. The van der Waals surface area contributed by atoms with Gasteiger partial charge in [-0.25, -0.2) is 5.01 Å². The maximum absolute atomic E-state index is 12.5. The van der Waals surface area contributed by atoms with Crippen LogP contribution < -0.4 is 14.8 Å². The third-order valence-corrected chi connectivity index (χ3v) is 5.48. The summed E-state index contributed by atoms with van der Waals surface area (Å²) >= 11 is 0. The molecule has 0 aromatic heterocycles. The summed E-state index contributed by atoms with van der Waals surface area (Å²) in [4.78, 5) is 24.5. The molecule has 1 aliphatic rings. The highest BCUT2D eigenvalue weighted by Gasteiger charge is 2.22. The third kappa shape index (κ3) is 6.81. The van der Waals surface area contributed by atoms with Gasteiger partial charge in [0.2, 0.25) is 11.8 Å². The molecule has 0 bridgehead atoms. The normalized spacial score (nSPS) is 13.5. The Bertz CT molecular complexity index is 986. The van der Waals surface area contributed by atoms with Gasteiger partial charge in [0.05, 0.1) is 26.0 Å². The third-order valence-electron chi connectivity index (χ3n) is 5.48. The van der Waals surface area contributed by atoms with Gasteiger partial charge in [0.1, 0.15) is 0 Å². The topological polar surface area (TPSA) is 80.2 Å². The monoisotopic (exact) mass is 451 g/mol. The molecule has 33 heavy (non-hydrogen) atoms. The zero-order valence-corrected chi connectivity index (χ0v) is 19.7. The Morgan fingerprint density at radius 2 is 1.85 bits per heavy atom. The predicted octanol–water partition coefficient (Wildman–Crippen LogP) is 5.14. The molecule has 0 saturated carbocycles. The number of nitrogens with zero attached hydrogens (tertiary/aromatic N) is 2. The highest BCUT2D eigenvalue weighted by atomic mass is 16.5. The van der Waals surface area contributed by atoms with E-state index in [1.54, 1.807) is 7.11 Å². The predicted molar refractivity (Wildman–Crippen MR) is 130 cm³/mol. The van der Waals surface area contributed by atoms with E-state index in [2.05, 4.69) is 17.3 Å². The number of hydrogen-bond donors (Lipinski definition) is 1. The summed E-state index contributed by atoms with van der Waals surface area (Å²) in [6, 6.07) is 13.3. The van der Waals surface area contributed by atoms with Crippen molar-refractivity contribution in [1.29, 1.82) is 0 Å². The van der Waals surface area contributed by atoms with Gasteiger partial charge in [0.25, 0.3) is 0 Å². The first kappa shape index (κ1) is 24.3. The molecule has 2 aromatic rings. The fourth-order valence-corrected chi connectivity index (χ4v) is 3.68. The van der Waals surface area contributed by atoms with Crippen molar-refractivity contribution in [1.82, 2.24) is 5.01 Å². The van der Waals surface area contributed by atoms with Crippen LogP contribution in [-0.2, 0) is 16.1 Å². The smallest absolute Gasteiger partial charge is 0.243 e. The van der Waals surface area contributed by atoms with Gasteiger partial charge in [-0.05, 0) is 49.2 Å². The minimum atomic E-state index is -0.00871. The number of anilines is 1. The molecule has 0 unspecified atom stereocenters. The first-order valence-electron chi connectivity index (χ1n) is 11.6. The first-order chi connectivity index (χ1) is 16.0. The van der Waals surface area contributed by atoms with Crippen molar-refractivity contribution in [2.75, 3.05) is 19.0 Å². The van der Waals surface area contributed by atoms with E-state index in [1.807, 2.05) is 49.4 Å². The second-order valence-corrected chi connectivity index (χ2v) is 8.00. The molecule has 0 aliphatic carbocycles. The maximum Gasteiger partial charge on any atom is 0.243 e. The van der Waals surface area contributed by atoms with Crippen LogP contribution in [0.1, 0.15) is 63.5 Å². The van der Waals surface area contributed by atoms with Crippen molar-refractivity contribution in [2.24, 2.45) is 5.10 Å². The largest absolute Gasteiger partial charge is 0.493 e. The van der Waals surface area contributed by atoms with E-state index in [9.17, 15) is 9.59 Å². The van der Waals surface area contributed by atoms with Gasteiger partial charge in [-0.1, -0.05) is 31.9 Å². The number of amides is 2. The Kier molecular flexibility index (Phi) is 8.87. The first-order valence-corrected chi connectivity index (χ1v) is 11.6. The molecule has 2 amide bonds. The van der Waals surface area contributed by atoms with Gasteiger partial charge in [0.15, 0.2) is 11.5 Å². The van der Waals surface area contributed by atoms with Crippen molar-refractivity contribution in [3.63, 3.8) is 0 Å². The number of carbonyl (C=O) groups excluding carboxylic acids is 2. The minimum absolute atomic E-state index is 0.00871. The molecule has 1 N–H and O–H groups in total. The van der Waals surface area contributed by atoms with Crippen molar-refractivity contribution >= 4 is 23.2 Å². The maximum atomic E-state index is 12.5. The Morgan fingerprint density at radius 3 is 2.55 bits per heavy atom. The van der Waals surface area contributed by atoms with Crippen LogP contribution in [0.25, 0.3) is 0 Å². The average Bonchev–Trinajstić information content (AvgIpc) is 2.82. The Labute approximate surface area is 195 Å². The van der Waals surface area contributed by atoms with Crippen molar-refractivity contribution in [3.05, 3.63) is 53.6 Å². The summed E-state index contributed by atoms with van der Waals surface area (Å²) in [6.45, 7) is 4.95. The summed E-state index contributed by atoms with van der Waals surface area (Å²) in [5.74, 6) is 1.35. The number of hydrogen-bond acceptors (Lipinski definition) is 5. The van der Waals surface area contributed by atoms with Crippen molar-refractivity contribution in [3.8, 4) is 11.5 Å². The number of methoxy groups -OCH3 is 1. The number of nitrogens with one attached hydrogen (secondary N) is 1. The summed E-state index contributed by atoms with van der Waals surface area (Å²) in [6.07, 6.45) is 4.57. The van der Waals surface area contributed by atoms with Gasteiger partial charge >= 0.3 is 0 Å². The summed E-state index contributed by atoms with van der Waals surface area (Å²) < 4.78 is 11.0. The molecule has 3 rings (SSSR count). The highest BCUT2D eigenvalue weighted by molar-refractivity contribution is 6.04. The van der Waals surface area contributed by atoms with Gasteiger partial charge in [0, 0.05) is 30.5 Å². The standard InChI is InChI=1S/C26H33N3O4/c1-4-6-7-8-25(30)27-21-12-9-19(10-13-21)18-29-26(31)16-14-22(28-29)20-11-15-23(32-3)24(17-20)33-5-2/h9-13,15,17H,4-8,14,16,18H2,1-3H3,(H,27,30). The van der Waals surface area contributed by atoms with Crippen LogP contribution in [0.5, 0.6) is 11.5 Å². The lowest BCUT2D eigenvalue weighted by molar-refractivity contribution is -0.132. The lowest BCUT2D eigenvalue weighted by Gasteiger charge is -2.24. The van der Waals surface area contributed by atoms with E-state index in [1.165, 1.54) is 5.01 Å². The molecule has 1 heterocycles. The average molecular weight is 452 g/mol. The molecule has 1 aliphatic heterocycles. The Morgan fingerprint density at radius 1 is 1.06 bits per heavy atom. The van der Waals surface area contributed by atoms with E-state index in [-0.39, 0.29) is 11.8 Å². The van der Waals surface area contributed by atoms with Crippen LogP contribution in [-0.4, -0.2) is 36.3 Å². The lowest BCUT2D eigenvalue weighted by Crippen LogP contribution is -2.31. The molecule has 2 aromatic carbocycles. The molecule has 0 spiro atoms. The molecule has 7 heteroatoms. The van der Waals surface area contributed by atoms with Gasteiger partial charge in [-0.2, -0.15) is 5.10 Å². The molecule has 176 valence electrons. The Hall–Kier alpha value is -3.35. The zero-order valence-electron chi connectivity index (χ0n) is 19.7. The number of benzene rings is 2. The molecule has 7 nitrogen and oxygen atoms in total. The van der Waals surface area contributed by atoms with Crippen LogP contribution in [0.15, 0.2) is 47.6 Å². The summed E-state index contributed by atoms with van der Waals surface area (Å²) in [5, 5.41) is 9.07. The SMILES string of the molecule is CCCCCC(=O)Nc1ccc(CN2N=C(c3ccc(OC)c(OCC)c3)CCC2=O)cc1. The molecular formula is C26H33N3O4. The zero-order chi connectivity index (χ0) is 23.6. The number of hydrazone groups is 1. The van der Waals surface area contributed by atoms with Crippen molar-refractivity contribution < 1.29 is 19.1 Å². The molecule has 0 fully saturated rings. The van der Waals surface area contributed by atoms with Gasteiger partial charge < -0.3 is 14.8 Å². The minimum Gasteiger partial charge on any atom is -0.493 e. The fourth-order valence-electron chi connectivity index (χ4n) is 3.68. The summed E-state index contributed by atoms with van der Waals surface area (Å²) in [5.41, 5.74) is 3.46. The van der Waals surface area contributed by atoms with E-state index in [0.29, 0.717) is 43.9 Å². The Balaban J connectivity index is 1.68. The molecule has 0 atom stereocenters. The van der Waals surface area contributed by atoms with Crippen LogP contribution >= 0.6 is 0 Å². The van der Waals surface area contributed by atoms with Crippen LogP contribution in [0, 0.1) is 0 Å². The molecular weight excluding hydrogens is 418 g/mol. The van der Waals surface area contributed by atoms with E-state index in [0.717, 1.165) is 41.8 Å². The lowest BCUT2D eigenvalue weighted by atomic mass is 10.0. The number of unbranched alkanes of at least 4 members (excludes halogenated alkanes) is 2. The van der Waals surface area contributed by atoms with Gasteiger partial charge in [-0.15, -0.1) is 0 Å². The van der Waals surface area contributed by atoms with Crippen LogP contribution in [0.2, 0.25) is 0 Å². The summed E-state index contributed by atoms with van der Waals surface area (Å²) in [7, 11) is 1.61. The van der Waals surface area contributed by atoms with E-state index < -0.39 is 0 Å². The second kappa shape index (κ2) is 12.0. The van der Waals surface area contributed by atoms with Crippen LogP contribution in [0.4, 0.5) is 5.69 Å². The number of carbonyl (C=O) groups is 2. The number of rotatable bonds is 11. The van der Waals surface area contributed by atoms with E-state index in [4.69, 9.17) is 9.47 Å². The van der Waals surface area contributed by atoms with Gasteiger partial charge in [-0.3, -0.25) is 9.59 Å². The van der Waals surface area contributed by atoms with E-state index >= 15 is 0 Å². The van der Waals surface area contributed by atoms with Crippen LogP contribution in [0.3, 0.4) is 0 Å². The fraction of sp³-hybridized carbons (Fsp3) is 0.423. The quantitative estimate of drug-likeness (QED) is 0.480.